The number of carboxylic acids is 1. The first kappa shape index (κ1) is 34.5. The van der Waals surface area contributed by atoms with Crippen molar-refractivity contribution in [2.75, 3.05) is 64.3 Å². The molecule has 0 aliphatic carbocycles. The van der Waals surface area contributed by atoms with Crippen LogP contribution in [0.3, 0.4) is 0 Å². The van der Waals surface area contributed by atoms with Crippen molar-refractivity contribution in [2.24, 2.45) is 5.92 Å². The zero-order valence-corrected chi connectivity index (χ0v) is 27.5. The van der Waals surface area contributed by atoms with Crippen LogP contribution in [-0.4, -0.2) is 101 Å². The van der Waals surface area contributed by atoms with Gasteiger partial charge >= 0.3 is 18.2 Å². The van der Waals surface area contributed by atoms with Crippen molar-refractivity contribution in [1.29, 1.82) is 0 Å². The number of carboxylic acid groups (broad SMARTS) is 1. The van der Waals surface area contributed by atoms with E-state index in [1.165, 1.54) is 6.07 Å². The van der Waals surface area contributed by atoms with E-state index >= 15 is 0 Å². The Kier molecular flexibility index (Phi) is 10.3. The van der Waals surface area contributed by atoms with E-state index < -0.39 is 40.8 Å². The number of carbonyl (C=O) groups is 2. The lowest BCUT2D eigenvalue weighted by atomic mass is 9.78. The molecule has 12 nitrogen and oxygen atoms in total. The number of anilines is 1. The number of urea groups is 1. The zero-order valence-electron chi connectivity index (χ0n) is 26.7. The third-order valence-corrected chi connectivity index (χ3v) is 9.86. The molecule has 6 rings (SSSR count). The summed E-state index contributed by atoms with van der Waals surface area (Å²) in [4.78, 5) is 53.5. The van der Waals surface area contributed by atoms with Crippen LogP contribution < -0.4 is 16.1 Å². The van der Waals surface area contributed by atoms with Crippen LogP contribution in [0.5, 0.6) is 0 Å². The lowest BCUT2D eigenvalue weighted by molar-refractivity contribution is -0.140. The van der Waals surface area contributed by atoms with E-state index in [-0.39, 0.29) is 22.1 Å². The number of aromatic nitrogens is 3. The minimum Gasteiger partial charge on any atom is -0.477 e. The van der Waals surface area contributed by atoms with Gasteiger partial charge in [-0.15, -0.1) is 11.3 Å². The van der Waals surface area contributed by atoms with Crippen LogP contribution in [0.4, 0.5) is 23.8 Å². The molecular weight excluding hydrogens is 663 g/mol. The summed E-state index contributed by atoms with van der Waals surface area (Å²) in [5.41, 5.74) is 0.00366. The predicted octanol–water partition coefficient (Wildman–Crippen LogP) is 4.69. The van der Waals surface area contributed by atoms with Crippen molar-refractivity contribution >= 4 is 40.1 Å². The van der Waals surface area contributed by atoms with Gasteiger partial charge in [0.1, 0.15) is 16.4 Å². The average Bonchev–Trinajstić information content (AvgIpc) is 3.76. The van der Waals surface area contributed by atoms with Crippen LogP contribution in [0.15, 0.2) is 46.8 Å². The van der Waals surface area contributed by atoms with E-state index in [1.807, 2.05) is 6.07 Å². The topological polar surface area (TPSA) is 153 Å². The Labute approximate surface area is 283 Å². The standard InChI is InChI=1S/C33H36F3N7O5S/c1-2-37-32(47)41-27-14-21(30-40-26(18-49-30)33(34,35)36)23(15-39-27)28(20-5-6-43(17-20)8-7-42-9-11-48-12-10-42)19-3-4-25-22(13-19)29(44)24(16-38-25)31(45)46/h3-4,13-16,18,20,28H,2,5-12,17H2,1H3,(H,38,44)(H,45,46)(H2,37,39,41,47). The number of ether oxygens (including phenoxy) is 1. The largest absolute Gasteiger partial charge is 0.477 e. The normalized spacial score (nSPS) is 18.1. The molecular formula is C33H36F3N7O5S. The van der Waals surface area contributed by atoms with Crippen molar-refractivity contribution < 1.29 is 32.6 Å². The van der Waals surface area contributed by atoms with Crippen molar-refractivity contribution in [3.63, 3.8) is 0 Å². The number of rotatable bonds is 10. The number of H-pyrrole nitrogens is 1. The molecule has 1 aromatic carbocycles. The van der Waals surface area contributed by atoms with Crippen LogP contribution in [0, 0.1) is 5.92 Å². The molecule has 0 bridgehead atoms. The number of benzene rings is 1. The number of aromatic carboxylic acids is 1. The summed E-state index contributed by atoms with van der Waals surface area (Å²) in [6.45, 7) is 8.38. The molecule has 2 fully saturated rings. The highest BCUT2D eigenvalue weighted by Gasteiger charge is 2.37. The fraction of sp³-hybridized carbons (Fsp3) is 0.424. The summed E-state index contributed by atoms with van der Waals surface area (Å²) in [6.07, 6.45) is -1.19. The van der Waals surface area contributed by atoms with Gasteiger partial charge in [-0.2, -0.15) is 13.2 Å². The average molecular weight is 700 g/mol. The third kappa shape index (κ3) is 7.77. The lowest BCUT2D eigenvalue weighted by Crippen LogP contribution is -2.41. The number of alkyl halides is 3. The van der Waals surface area contributed by atoms with Gasteiger partial charge in [-0.25, -0.2) is 19.6 Å². The quantitative estimate of drug-likeness (QED) is 0.185. The first-order valence-electron chi connectivity index (χ1n) is 16.0. The molecule has 3 aromatic heterocycles. The van der Waals surface area contributed by atoms with Crippen molar-refractivity contribution in [3.8, 4) is 10.6 Å². The Balaban J connectivity index is 1.45. The van der Waals surface area contributed by atoms with Crippen molar-refractivity contribution in [3.05, 3.63) is 74.6 Å². The van der Waals surface area contributed by atoms with Crippen molar-refractivity contribution in [2.45, 2.75) is 25.4 Å². The number of fused-ring (bicyclic) bond motifs is 1. The molecule has 5 heterocycles. The number of aromatic amines is 1. The highest BCUT2D eigenvalue weighted by Crippen LogP contribution is 2.44. The molecule has 0 spiro atoms. The number of nitrogens with zero attached hydrogens (tertiary/aromatic N) is 4. The SMILES string of the molecule is CCNC(=O)Nc1cc(-c2nc(C(F)(F)F)cs2)c(C(c2ccc3[nH]cc(C(=O)O)c(=O)c3c2)C2CCN(CCN3CCOCC3)C2)cn1. The van der Waals surface area contributed by atoms with Gasteiger partial charge in [0, 0.05) is 79.4 Å². The highest BCUT2D eigenvalue weighted by atomic mass is 32.1. The second-order valence-electron chi connectivity index (χ2n) is 12.1. The number of amides is 2. The van der Waals surface area contributed by atoms with E-state index in [4.69, 9.17) is 4.74 Å². The second-order valence-corrected chi connectivity index (χ2v) is 13.0. The summed E-state index contributed by atoms with van der Waals surface area (Å²) in [7, 11) is 0. The van der Waals surface area contributed by atoms with Crippen molar-refractivity contribution in [1.82, 2.24) is 30.1 Å². The summed E-state index contributed by atoms with van der Waals surface area (Å²) in [5, 5.41) is 16.1. The Bertz CT molecular complexity index is 1890. The predicted molar refractivity (Wildman–Crippen MR) is 178 cm³/mol. The number of hydrogen-bond acceptors (Lipinski definition) is 9. The van der Waals surface area contributed by atoms with Gasteiger partial charge in [-0.1, -0.05) is 6.07 Å². The van der Waals surface area contributed by atoms with E-state index in [0.717, 1.165) is 62.1 Å². The first-order chi connectivity index (χ1) is 23.5. The molecule has 49 heavy (non-hydrogen) atoms. The number of likely N-dealkylation sites (tertiary alicyclic amines) is 1. The van der Waals surface area contributed by atoms with Crippen LogP contribution >= 0.6 is 11.3 Å². The molecule has 2 saturated heterocycles. The number of morpholine rings is 1. The van der Waals surface area contributed by atoms with E-state index in [1.54, 1.807) is 25.3 Å². The molecule has 16 heteroatoms. The van der Waals surface area contributed by atoms with Gasteiger partial charge in [0.15, 0.2) is 5.69 Å². The molecule has 2 aliphatic rings. The molecule has 4 N–H and O–H groups in total. The van der Waals surface area contributed by atoms with E-state index in [2.05, 4.69) is 35.4 Å². The molecule has 2 unspecified atom stereocenters. The fourth-order valence-electron chi connectivity index (χ4n) is 6.56. The fourth-order valence-corrected chi connectivity index (χ4v) is 7.42. The first-order valence-corrected chi connectivity index (χ1v) is 16.9. The van der Waals surface area contributed by atoms with Gasteiger partial charge < -0.3 is 25.0 Å². The molecule has 0 radical (unpaired) electrons. The van der Waals surface area contributed by atoms with E-state index in [9.17, 15) is 32.7 Å². The Morgan fingerprint density at radius 3 is 2.65 bits per heavy atom. The number of hydrogen-bond donors (Lipinski definition) is 4. The summed E-state index contributed by atoms with van der Waals surface area (Å²) in [5.74, 6) is -1.74. The van der Waals surface area contributed by atoms with Crippen LogP contribution in [-0.2, 0) is 10.9 Å². The van der Waals surface area contributed by atoms with Gasteiger partial charge in [0.2, 0.25) is 5.43 Å². The molecule has 2 amide bonds. The lowest BCUT2D eigenvalue weighted by Gasteiger charge is -2.29. The maximum atomic E-state index is 13.7. The maximum Gasteiger partial charge on any atom is 0.434 e. The maximum absolute atomic E-state index is 13.7. The van der Waals surface area contributed by atoms with Crippen LogP contribution in [0.25, 0.3) is 21.5 Å². The summed E-state index contributed by atoms with van der Waals surface area (Å²) in [6, 6.07) is 6.22. The monoisotopic (exact) mass is 699 g/mol. The second kappa shape index (κ2) is 14.6. The number of nitrogens with one attached hydrogen (secondary N) is 3. The molecule has 4 aromatic rings. The molecule has 2 aliphatic heterocycles. The number of halogens is 3. The molecule has 0 saturated carbocycles. The zero-order chi connectivity index (χ0) is 34.7. The third-order valence-electron chi connectivity index (χ3n) is 8.98. The van der Waals surface area contributed by atoms with Crippen LogP contribution in [0.1, 0.15) is 46.4 Å². The van der Waals surface area contributed by atoms with Gasteiger partial charge in [0.05, 0.1) is 13.2 Å². The Hall–Kier alpha value is -4.38. The number of carbonyl (C=O) groups excluding carboxylic acids is 1. The van der Waals surface area contributed by atoms with Crippen LogP contribution in [0.2, 0.25) is 0 Å². The number of thiazole rings is 1. The molecule has 2 atom stereocenters. The Morgan fingerprint density at radius 2 is 1.94 bits per heavy atom. The number of pyridine rings is 2. The highest BCUT2D eigenvalue weighted by molar-refractivity contribution is 7.13. The minimum atomic E-state index is -4.66. The minimum absolute atomic E-state index is 0.0475. The summed E-state index contributed by atoms with van der Waals surface area (Å²) < 4.78 is 46.6. The summed E-state index contributed by atoms with van der Waals surface area (Å²) >= 11 is 0.838. The van der Waals surface area contributed by atoms with Gasteiger partial charge in [0.25, 0.3) is 0 Å². The Morgan fingerprint density at radius 1 is 1.16 bits per heavy atom. The smallest absolute Gasteiger partial charge is 0.434 e. The van der Waals surface area contributed by atoms with Gasteiger partial charge in [-0.3, -0.25) is 15.0 Å². The van der Waals surface area contributed by atoms with E-state index in [0.29, 0.717) is 48.5 Å². The van der Waals surface area contributed by atoms with Gasteiger partial charge in [-0.05, 0) is 55.1 Å². The molecule has 260 valence electrons.